The zero-order valence-electron chi connectivity index (χ0n) is 13.4. The molecular weight excluding hydrogens is 373 g/mol. The number of hydrogen-bond donors (Lipinski definition) is 1. The standard InChI is InChI=1S/C15H17Cl2N3O3S/c1-15(7-16,8-17)13-19-20-14(24-13)18-12(21)11-9(22-2)5-4-6-10(11)23-3/h4-6H,7-8H2,1-3H3,(H,18,20,21). The molecule has 0 bridgehead atoms. The fourth-order valence-electron chi connectivity index (χ4n) is 1.90. The monoisotopic (exact) mass is 389 g/mol. The Balaban J connectivity index is 2.27. The van der Waals surface area contributed by atoms with Crippen LogP contribution >= 0.6 is 34.5 Å². The average molecular weight is 390 g/mol. The molecule has 0 aliphatic heterocycles. The van der Waals surface area contributed by atoms with Crippen molar-refractivity contribution in [3.8, 4) is 11.5 Å². The number of amides is 1. The lowest BCUT2D eigenvalue weighted by Gasteiger charge is -2.19. The van der Waals surface area contributed by atoms with E-state index in [1.807, 2.05) is 6.92 Å². The Morgan fingerprint density at radius 2 is 1.79 bits per heavy atom. The van der Waals surface area contributed by atoms with Crippen LogP contribution in [0.4, 0.5) is 5.13 Å². The average Bonchev–Trinajstić information content (AvgIpc) is 3.09. The highest BCUT2D eigenvalue weighted by Crippen LogP contribution is 2.33. The van der Waals surface area contributed by atoms with Crippen LogP contribution < -0.4 is 14.8 Å². The summed E-state index contributed by atoms with van der Waals surface area (Å²) in [6.45, 7) is 1.89. The van der Waals surface area contributed by atoms with Crippen LogP contribution in [-0.4, -0.2) is 42.1 Å². The van der Waals surface area contributed by atoms with Crippen molar-refractivity contribution >= 4 is 45.6 Å². The van der Waals surface area contributed by atoms with Crippen molar-refractivity contribution in [3.05, 3.63) is 28.8 Å². The van der Waals surface area contributed by atoms with Crippen molar-refractivity contribution in [1.82, 2.24) is 10.2 Å². The van der Waals surface area contributed by atoms with Gasteiger partial charge in [0.15, 0.2) is 0 Å². The van der Waals surface area contributed by atoms with E-state index in [0.29, 0.717) is 33.4 Å². The molecule has 0 unspecified atom stereocenters. The second-order valence-electron chi connectivity index (χ2n) is 5.23. The fraction of sp³-hybridized carbons (Fsp3) is 0.400. The number of rotatable bonds is 7. The second kappa shape index (κ2) is 8.00. The minimum atomic E-state index is -0.494. The molecule has 1 amide bonds. The van der Waals surface area contributed by atoms with E-state index in [1.54, 1.807) is 18.2 Å². The number of alkyl halides is 2. The van der Waals surface area contributed by atoms with E-state index in [-0.39, 0.29) is 5.56 Å². The summed E-state index contributed by atoms with van der Waals surface area (Å²) in [6.07, 6.45) is 0. The van der Waals surface area contributed by atoms with Crippen molar-refractivity contribution in [2.24, 2.45) is 0 Å². The van der Waals surface area contributed by atoms with Gasteiger partial charge in [-0.1, -0.05) is 24.3 Å². The number of hydrogen-bond acceptors (Lipinski definition) is 6. The Morgan fingerprint density at radius 3 is 2.29 bits per heavy atom. The molecule has 9 heteroatoms. The van der Waals surface area contributed by atoms with E-state index in [2.05, 4.69) is 15.5 Å². The number of ether oxygens (including phenoxy) is 2. The molecule has 0 aliphatic rings. The molecule has 0 saturated carbocycles. The van der Waals surface area contributed by atoms with Crippen LogP contribution in [0.15, 0.2) is 18.2 Å². The summed E-state index contributed by atoms with van der Waals surface area (Å²) >= 11 is 13.2. The van der Waals surface area contributed by atoms with E-state index < -0.39 is 11.3 Å². The summed E-state index contributed by atoms with van der Waals surface area (Å²) in [6, 6.07) is 5.10. The summed E-state index contributed by atoms with van der Waals surface area (Å²) in [4.78, 5) is 12.6. The Labute approximate surface area is 154 Å². The van der Waals surface area contributed by atoms with Crippen LogP contribution in [0.2, 0.25) is 0 Å². The maximum absolute atomic E-state index is 12.6. The zero-order valence-corrected chi connectivity index (χ0v) is 15.8. The van der Waals surface area contributed by atoms with Gasteiger partial charge in [0.25, 0.3) is 5.91 Å². The van der Waals surface area contributed by atoms with Crippen molar-refractivity contribution in [2.45, 2.75) is 12.3 Å². The number of nitrogens with zero attached hydrogens (tertiary/aromatic N) is 2. The first-order chi connectivity index (χ1) is 11.5. The molecule has 130 valence electrons. The summed E-state index contributed by atoms with van der Waals surface area (Å²) in [5.41, 5.74) is -0.206. The molecule has 0 saturated heterocycles. The van der Waals surface area contributed by atoms with Gasteiger partial charge in [0, 0.05) is 17.2 Å². The normalized spacial score (nSPS) is 11.2. The van der Waals surface area contributed by atoms with E-state index in [0.717, 1.165) is 0 Å². The van der Waals surface area contributed by atoms with Gasteiger partial charge in [-0.05, 0) is 12.1 Å². The molecule has 24 heavy (non-hydrogen) atoms. The van der Waals surface area contributed by atoms with Crippen LogP contribution in [0.1, 0.15) is 22.3 Å². The summed E-state index contributed by atoms with van der Waals surface area (Å²) in [7, 11) is 2.97. The number of nitrogens with one attached hydrogen (secondary N) is 1. The van der Waals surface area contributed by atoms with Crippen LogP contribution in [0, 0.1) is 0 Å². The minimum absolute atomic E-state index is 0.289. The Kier molecular flexibility index (Phi) is 6.26. The first-order valence-corrected chi connectivity index (χ1v) is 8.86. The Bertz CT molecular complexity index is 697. The third kappa shape index (κ3) is 3.74. The van der Waals surface area contributed by atoms with Gasteiger partial charge < -0.3 is 9.47 Å². The summed E-state index contributed by atoms with van der Waals surface area (Å²) in [5, 5.41) is 11.8. The van der Waals surface area contributed by atoms with Crippen molar-refractivity contribution in [3.63, 3.8) is 0 Å². The minimum Gasteiger partial charge on any atom is -0.496 e. The van der Waals surface area contributed by atoms with Gasteiger partial charge in [-0.2, -0.15) is 0 Å². The number of aromatic nitrogens is 2. The first-order valence-electron chi connectivity index (χ1n) is 6.97. The summed E-state index contributed by atoms with van der Waals surface area (Å²) in [5.74, 6) is 1.02. The van der Waals surface area contributed by atoms with Crippen molar-refractivity contribution in [1.29, 1.82) is 0 Å². The Morgan fingerprint density at radius 1 is 1.21 bits per heavy atom. The van der Waals surface area contributed by atoms with Gasteiger partial charge in [0.05, 0.1) is 14.2 Å². The molecule has 0 spiro atoms. The molecule has 1 aromatic heterocycles. The van der Waals surface area contributed by atoms with Crippen LogP contribution in [0.25, 0.3) is 0 Å². The molecule has 0 radical (unpaired) electrons. The molecule has 6 nitrogen and oxygen atoms in total. The molecule has 0 fully saturated rings. The number of carbonyl (C=O) groups excluding carboxylic acids is 1. The van der Waals surface area contributed by atoms with E-state index in [1.165, 1.54) is 25.6 Å². The summed E-state index contributed by atoms with van der Waals surface area (Å²) < 4.78 is 10.5. The number of benzene rings is 1. The highest BCUT2D eigenvalue weighted by atomic mass is 35.5. The fourth-order valence-corrected chi connectivity index (χ4v) is 3.48. The third-order valence-corrected chi connectivity index (χ3v) is 5.73. The van der Waals surface area contributed by atoms with Gasteiger partial charge >= 0.3 is 0 Å². The number of carbonyl (C=O) groups is 1. The van der Waals surface area contributed by atoms with Gasteiger partial charge in [0.1, 0.15) is 22.1 Å². The molecule has 1 aromatic carbocycles. The SMILES string of the molecule is COc1cccc(OC)c1C(=O)Nc1nnc(C(C)(CCl)CCl)s1. The first kappa shape index (κ1) is 18.8. The topological polar surface area (TPSA) is 73.3 Å². The van der Waals surface area contributed by atoms with E-state index in [9.17, 15) is 4.79 Å². The van der Waals surface area contributed by atoms with Crippen LogP contribution in [0.3, 0.4) is 0 Å². The molecule has 1 heterocycles. The lowest BCUT2D eigenvalue weighted by atomic mass is 9.98. The van der Waals surface area contributed by atoms with Gasteiger partial charge in [-0.25, -0.2) is 0 Å². The molecule has 1 N–H and O–H groups in total. The maximum Gasteiger partial charge on any atom is 0.265 e. The van der Waals surface area contributed by atoms with Crippen molar-refractivity contribution in [2.75, 3.05) is 31.3 Å². The maximum atomic E-state index is 12.6. The second-order valence-corrected chi connectivity index (χ2v) is 6.74. The number of anilines is 1. The highest BCUT2D eigenvalue weighted by Gasteiger charge is 2.30. The lowest BCUT2D eigenvalue weighted by molar-refractivity contribution is 0.102. The number of methoxy groups -OCH3 is 2. The third-order valence-electron chi connectivity index (χ3n) is 3.41. The molecule has 2 rings (SSSR count). The molecule has 0 atom stereocenters. The molecule has 2 aromatic rings. The zero-order chi connectivity index (χ0) is 17.7. The van der Waals surface area contributed by atoms with Gasteiger partial charge in [-0.3, -0.25) is 10.1 Å². The smallest absolute Gasteiger partial charge is 0.265 e. The molecular formula is C15H17Cl2N3O3S. The van der Waals surface area contributed by atoms with Gasteiger partial charge in [-0.15, -0.1) is 33.4 Å². The number of halogens is 2. The van der Waals surface area contributed by atoms with E-state index in [4.69, 9.17) is 32.7 Å². The van der Waals surface area contributed by atoms with Crippen LogP contribution in [0.5, 0.6) is 11.5 Å². The predicted octanol–water partition coefficient (Wildman–Crippen LogP) is 3.54. The lowest BCUT2D eigenvalue weighted by Crippen LogP contribution is -2.25. The largest absolute Gasteiger partial charge is 0.496 e. The Hall–Kier alpha value is -1.57. The van der Waals surface area contributed by atoms with Gasteiger partial charge in [0.2, 0.25) is 5.13 Å². The van der Waals surface area contributed by atoms with E-state index >= 15 is 0 Å². The molecule has 0 aliphatic carbocycles. The highest BCUT2D eigenvalue weighted by molar-refractivity contribution is 7.15. The quantitative estimate of drug-likeness (QED) is 0.732. The van der Waals surface area contributed by atoms with Crippen molar-refractivity contribution < 1.29 is 14.3 Å². The van der Waals surface area contributed by atoms with Crippen LogP contribution in [-0.2, 0) is 5.41 Å². The predicted molar refractivity (Wildman–Crippen MR) is 96.2 cm³/mol.